The van der Waals surface area contributed by atoms with Gasteiger partial charge in [-0.05, 0) is 6.07 Å². The van der Waals surface area contributed by atoms with Gasteiger partial charge in [-0.25, -0.2) is 18.7 Å². The first-order valence-electron chi connectivity index (χ1n) is 4.35. The van der Waals surface area contributed by atoms with Crippen molar-refractivity contribution in [1.29, 1.82) is 0 Å². The lowest BCUT2D eigenvalue weighted by atomic mass is 10.3. The standard InChI is InChI=1S/C8H8F4N4S/c9-6(10)8(11,12)3-15-7-14-2-1-4(16-7)5(13)17/h1-2,6H,3H2,(H2,13,17)(H,14,15,16). The van der Waals surface area contributed by atoms with Crippen molar-refractivity contribution in [3.05, 3.63) is 18.0 Å². The molecule has 0 saturated heterocycles. The SMILES string of the molecule is NC(=S)c1ccnc(NCC(F)(F)C(F)F)n1. The minimum absolute atomic E-state index is 0.0453. The molecule has 3 N–H and O–H groups in total. The van der Waals surface area contributed by atoms with Crippen molar-refractivity contribution < 1.29 is 17.6 Å². The first-order chi connectivity index (χ1) is 7.83. The fourth-order valence-corrected chi connectivity index (χ4v) is 0.969. The Labute approximate surface area is 99.2 Å². The third-order valence-electron chi connectivity index (χ3n) is 1.71. The lowest BCUT2D eigenvalue weighted by Gasteiger charge is -2.15. The van der Waals surface area contributed by atoms with E-state index in [1.165, 1.54) is 12.3 Å². The Hall–Kier alpha value is -1.51. The lowest BCUT2D eigenvalue weighted by molar-refractivity contribution is -0.117. The fraction of sp³-hybridized carbons (Fsp3) is 0.375. The Balaban J connectivity index is 2.70. The van der Waals surface area contributed by atoms with E-state index in [0.717, 1.165) is 0 Å². The van der Waals surface area contributed by atoms with Gasteiger partial charge in [0.15, 0.2) is 0 Å². The maximum atomic E-state index is 12.6. The minimum Gasteiger partial charge on any atom is -0.388 e. The molecule has 9 heteroatoms. The molecule has 1 rings (SSSR count). The fourth-order valence-electron chi connectivity index (χ4n) is 0.855. The molecule has 0 aliphatic carbocycles. The molecule has 1 aromatic rings. The van der Waals surface area contributed by atoms with Crippen molar-refractivity contribution in [2.45, 2.75) is 12.3 Å². The van der Waals surface area contributed by atoms with Crippen LogP contribution in [0.1, 0.15) is 5.69 Å². The largest absolute Gasteiger partial charge is 0.388 e. The van der Waals surface area contributed by atoms with Gasteiger partial charge in [-0.2, -0.15) is 8.78 Å². The summed E-state index contributed by atoms with van der Waals surface area (Å²) in [5.74, 6) is -4.39. The summed E-state index contributed by atoms with van der Waals surface area (Å²) in [6.07, 6.45) is -2.53. The van der Waals surface area contributed by atoms with Gasteiger partial charge in [0.2, 0.25) is 5.95 Å². The molecule has 0 saturated carbocycles. The minimum atomic E-state index is -4.15. The summed E-state index contributed by atoms with van der Waals surface area (Å²) >= 11 is 4.61. The molecule has 0 aliphatic heterocycles. The van der Waals surface area contributed by atoms with Crippen LogP contribution in [0.4, 0.5) is 23.5 Å². The molecule has 0 spiro atoms. The number of rotatable bonds is 5. The molecule has 0 aliphatic rings. The summed E-state index contributed by atoms with van der Waals surface area (Å²) in [4.78, 5) is 7.19. The maximum Gasteiger partial charge on any atom is 0.324 e. The zero-order valence-corrected chi connectivity index (χ0v) is 9.15. The molecule has 0 bridgehead atoms. The van der Waals surface area contributed by atoms with Crippen LogP contribution in [0.5, 0.6) is 0 Å². The molecule has 94 valence electrons. The molecule has 17 heavy (non-hydrogen) atoms. The third-order valence-corrected chi connectivity index (χ3v) is 1.92. The van der Waals surface area contributed by atoms with Gasteiger partial charge >= 0.3 is 12.3 Å². The lowest BCUT2D eigenvalue weighted by Crippen LogP contribution is -2.35. The van der Waals surface area contributed by atoms with Crippen LogP contribution in [0.15, 0.2) is 12.3 Å². The number of anilines is 1. The predicted molar refractivity (Wildman–Crippen MR) is 57.4 cm³/mol. The van der Waals surface area contributed by atoms with Crippen molar-refractivity contribution in [2.24, 2.45) is 5.73 Å². The van der Waals surface area contributed by atoms with Crippen LogP contribution < -0.4 is 11.1 Å². The number of nitrogens with one attached hydrogen (secondary N) is 1. The van der Waals surface area contributed by atoms with E-state index < -0.39 is 18.9 Å². The van der Waals surface area contributed by atoms with E-state index in [9.17, 15) is 17.6 Å². The van der Waals surface area contributed by atoms with Gasteiger partial charge < -0.3 is 11.1 Å². The van der Waals surface area contributed by atoms with Gasteiger partial charge in [-0.3, -0.25) is 0 Å². The molecular weight excluding hydrogens is 260 g/mol. The quantitative estimate of drug-likeness (QED) is 0.624. The molecule has 0 amide bonds. The summed E-state index contributed by atoms with van der Waals surface area (Å²) in [6, 6.07) is 1.37. The molecular formula is C8H8F4N4S. The topological polar surface area (TPSA) is 63.8 Å². The van der Waals surface area contributed by atoms with Gasteiger partial charge in [0.05, 0.1) is 6.54 Å². The van der Waals surface area contributed by atoms with Crippen LogP contribution >= 0.6 is 12.2 Å². The number of thiocarbonyl (C=S) groups is 1. The van der Waals surface area contributed by atoms with Crippen LogP contribution in [-0.4, -0.2) is 33.8 Å². The van der Waals surface area contributed by atoms with Crippen LogP contribution in [0.25, 0.3) is 0 Å². The zero-order chi connectivity index (χ0) is 13.1. The summed E-state index contributed by atoms with van der Waals surface area (Å²) < 4.78 is 48.8. The number of aromatic nitrogens is 2. The highest BCUT2D eigenvalue weighted by atomic mass is 32.1. The Morgan fingerprint density at radius 1 is 1.53 bits per heavy atom. The van der Waals surface area contributed by atoms with E-state index in [1.807, 2.05) is 5.32 Å². The predicted octanol–water partition coefficient (Wildman–Crippen LogP) is 1.42. The van der Waals surface area contributed by atoms with Crippen LogP contribution in [0.3, 0.4) is 0 Å². The molecule has 0 fully saturated rings. The van der Waals surface area contributed by atoms with Gasteiger partial charge in [0, 0.05) is 6.20 Å². The second-order valence-electron chi connectivity index (χ2n) is 3.05. The van der Waals surface area contributed by atoms with Gasteiger partial charge in [0.25, 0.3) is 0 Å². The smallest absolute Gasteiger partial charge is 0.324 e. The first-order valence-corrected chi connectivity index (χ1v) is 4.76. The van der Waals surface area contributed by atoms with Crippen LogP contribution in [0.2, 0.25) is 0 Å². The van der Waals surface area contributed by atoms with E-state index in [-0.39, 0.29) is 16.6 Å². The average molecular weight is 268 g/mol. The normalized spacial score (nSPS) is 11.6. The molecule has 4 nitrogen and oxygen atoms in total. The number of hydrogen-bond donors (Lipinski definition) is 2. The number of halogens is 4. The summed E-state index contributed by atoms with van der Waals surface area (Å²) in [6.45, 7) is -1.27. The van der Waals surface area contributed by atoms with E-state index >= 15 is 0 Å². The number of nitrogens with two attached hydrogens (primary N) is 1. The monoisotopic (exact) mass is 268 g/mol. The Kier molecular flexibility index (Phi) is 4.16. The highest BCUT2D eigenvalue weighted by Crippen LogP contribution is 2.22. The summed E-state index contributed by atoms with van der Waals surface area (Å²) in [5.41, 5.74) is 5.42. The number of alkyl halides is 4. The Morgan fingerprint density at radius 3 is 2.71 bits per heavy atom. The van der Waals surface area contributed by atoms with Crippen molar-refractivity contribution >= 4 is 23.2 Å². The summed E-state index contributed by atoms with van der Waals surface area (Å²) in [5, 5.41) is 1.99. The Bertz CT molecular complexity index is 412. The molecule has 0 radical (unpaired) electrons. The summed E-state index contributed by atoms with van der Waals surface area (Å²) in [7, 11) is 0. The molecule has 1 heterocycles. The molecule has 0 aromatic carbocycles. The van der Waals surface area contributed by atoms with Crippen LogP contribution in [0, 0.1) is 0 Å². The van der Waals surface area contributed by atoms with Gasteiger partial charge in [-0.1, -0.05) is 12.2 Å². The molecule has 1 aromatic heterocycles. The van der Waals surface area contributed by atoms with Crippen molar-refractivity contribution in [2.75, 3.05) is 11.9 Å². The number of nitrogens with zero attached hydrogens (tertiary/aromatic N) is 2. The second kappa shape index (κ2) is 5.21. The second-order valence-corrected chi connectivity index (χ2v) is 3.48. The van der Waals surface area contributed by atoms with E-state index in [1.54, 1.807) is 0 Å². The third kappa shape index (κ3) is 3.77. The van der Waals surface area contributed by atoms with Crippen molar-refractivity contribution in [1.82, 2.24) is 9.97 Å². The zero-order valence-electron chi connectivity index (χ0n) is 8.33. The molecule has 0 atom stereocenters. The number of hydrogen-bond acceptors (Lipinski definition) is 4. The van der Waals surface area contributed by atoms with Crippen molar-refractivity contribution in [3.63, 3.8) is 0 Å². The highest BCUT2D eigenvalue weighted by Gasteiger charge is 2.40. The maximum absolute atomic E-state index is 12.6. The van der Waals surface area contributed by atoms with Crippen LogP contribution in [-0.2, 0) is 0 Å². The van der Waals surface area contributed by atoms with Gasteiger partial charge in [-0.15, -0.1) is 0 Å². The average Bonchev–Trinajstić information content (AvgIpc) is 2.26. The highest BCUT2D eigenvalue weighted by molar-refractivity contribution is 7.80. The Morgan fingerprint density at radius 2 is 2.18 bits per heavy atom. The first kappa shape index (κ1) is 13.6. The molecule has 0 unspecified atom stereocenters. The van der Waals surface area contributed by atoms with E-state index in [0.29, 0.717) is 0 Å². The van der Waals surface area contributed by atoms with Gasteiger partial charge in [0.1, 0.15) is 10.7 Å². The van der Waals surface area contributed by atoms with E-state index in [2.05, 4.69) is 22.2 Å². The van der Waals surface area contributed by atoms with E-state index in [4.69, 9.17) is 5.73 Å². The van der Waals surface area contributed by atoms with Crippen molar-refractivity contribution in [3.8, 4) is 0 Å².